The van der Waals surface area contributed by atoms with Crippen LogP contribution in [0.1, 0.15) is 15.9 Å². The Hall–Kier alpha value is -1.91. The summed E-state index contributed by atoms with van der Waals surface area (Å²) in [6.45, 7) is 0. The number of esters is 1. The third kappa shape index (κ3) is 3.77. The Labute approximate surface area is 122 Å². The van der Waals surface area contributed by atoms with E-state index in [4.69, 9.17) is 22.7 Å². The van der Waals surface area contributed by atoms with Crippen LogP contribution in [-0.2, 0) is 4.74 Å². The molecule has 2 aromatic rings. The van der Waals surface area contributed by atoms with E-state index < -0.39 is 5.97 Å². The van der Waals surface area contributed by atoms with Gasteiger partial charge >= 0.3 is 5.97 Å². The van der Waals surface area contributed by atoms with E-state index in [9.17, 15) is 4.79 Å². The fourth-order valence-electron chi connectivity index (χ4n) is 1.46. The molecule has 2 aromatic carbocycles. The number of thiocarbonyl (C=S) groups is 1. The quantitative estimate of drug-likeness (QED) is 0.525. The first-order valence-corrected chi connectivity index (χ1v) is 5.75. The van der Waals surface area contributed by atoms with Crippen molar-refractivity contribution in [3.05, 3.63) is 65.7 Å². The average Bonchev–Trinajstić information content (AvgIpc) is 2.40. The van der Waals surface area contributed by atoms with Gasteiger partial charge in [-0.15, -0.1) is 12.4 Å². The van der Waals surface area contributed by atoms with Crippen molar-refractivity contribution in [1.82, 2.24) is 0 Å². The van der Waals surface area contributed by atoms with E-state index in [0.717, 1.165) is 0 Å². The van der Waals surface area contributed by atoms with Gasteiger partial charge in [0.15, 0.2) is 0 Å². The molecule has 0 saturated carbocycles. The van der Waals surface area contributed by atoms with Crippen LogP contribution < -0.4 is 5.73 Å². The summed E-state index contributed by atoms with van der Waals surface area (Å²) in [6, 6.07) is 15.8. The van der Waals surface area contributed by atoms with Crippen molar-refractivity contribution in [3.8, 4) is 0 Å². The van der Waals surface area contributed by atoms with Crippen LogP contribution in [0.25, 0.3) is 0 Å². The molecule has 0 aromatic heterocycles. The fraction of sp³-hybridized carbons (Fsp3) is 0. The Morgan fingerprint density at radius 2 is 1.58 bits per heavy atom. The van der Waals surface area contributed by atoms with E-state index in [1.54, 1.807) is 36.4 Å². The van der Waals surface area contributed by atoms with E-state index in [0.29, 0.717) is 16.8 Å². The second-order valence-electron chi connectivity index (χ2n) is 3.63. The van der Waals surface area contributed by atoms with E-state index in [1.807, 2.05) is 18.2 Å². The van der Waals surface area contributed by atoms with Gasteiger partial charge in [-0.25, -0.2) is 4.79 Å². The van der Waals surface area contributed by atoms with Crippen molar-refractivity contribution in [2.45, 2.75) is 0 Å². The van der Waals surface area contributed by atoms with Gasteiger partial charge in [-0.05, 0) is 24.4 Å². The Kier molecular flexibility index (Phi) is 5.48. The van der Waals surface area contributed by atoms with Crippen LogP contribution in [0, 0.1) is 0 Å². The molecule has 0 unspecified atom stereocenters. The van der Waals surface area contributed by atoms with Crippen LogP contribution in [0.2, 0.25) is 0 Å². The van der Waals surface area contributed by atoms with Crippen molar-refractivity contribution >= 4 is 41.3 Å². The molecule has 19 heavy (non-hydrogen) atoms. The number of carbonyl (C=O) groups excluding carboxylic acids is 1. The van der Waals surface area contributed by atoms with Crippen molar-refractivity contribution in [2.24, 2.45) is 0 Å². The molecule has 0 bridgehead atoms. The van der Waals surface area contributed by atoms with Crippen LogP contribution in [0.5, 0.6) is 0 Å². The first kappa shape index (κ1) is 15.1. The summed E-state index contributed by atoms with van der Waals surface area (Å²) >= 11 is 5.06. The number of halogens is 1. The Morgan fingerprint density at radius 3 is 2.21 bits per heavy atom. The molecule has 2 N–H and O–H groups in total. The monoisotopic (exact) mass is 293 g/mol. The standard InChI is InChI=1S/C14H11NO2S.ClH/c15-12-9-5-4-8-11(12)13(16)17-14(18)10-6-2-1-3-7-10;/h1-9H,15H2;1H. The molecule has 0 atom stereocenters. The minimum Gasteiger partial charge on any atom is -0.410 e. The highest BCUT2D eigenvalue weighted by molar-refractivity contribution is 7.80. The van der Waals surface area contributed by atoms with Gasteiger partial charge in [0, 0.05) is 11.3 Å². The van der Waals surface area contributed by atoms with E-state index in [1.165, 1.54) is 0 Å². The molecular weight excluding hydrogens is 282 g/mol. The topological polar surface area (TPSA) is 52.3 Å². The zero-order valence-corrected chi connectivity index (χ0v) is 11.5. The summed E-state index contributed by atoms with van der Waals surface area (Å²) in [4.78, 5) is 11.9. The lowest BCUT2D eigenvalue weighted by molar-refractivity contribution is 0.0724. The van der Waals surface area contributed by atoms with E-state index >= 15 is 0 Å². The molecule has 0 spiro atoms. The fourth-order valence-corrected chi connectivity index (χ4v) is 1.67. The normalized spacial score (nSPS) is 9.26. The van der Waals surface area contributed by atoms with Gasteiger partial charge in [0.25, 0.3) is 0 Å². The number of nitrogens with two attached hydrogens (primary N) is 1. The zero-order chi connectivity index (χ0) is 13.0. The second kappa shape index (κ2) is 6.87. The molecular formula is C14H12ClNO2S. The summed E-state index contributed by atoms with van der Waals surface area (Å²) in [6.07, 6.45) is 0. The lowest BCUT2D eigenvalue weighted by Crippen LogP contribution is -2.13. The third-order valence-electron chi connectivity index (χ3n) is 2.38. The molecule has 0 aliphatic carbocycles. The molecule has 0 heterocycles. The minimum atomic E-state index is -0.540. The molecule has 0 amide bonds. The number of anilines is 1. The van der Waals surface area contributed by atoms with Gasteiger partial charge in [0.1, 0.15) is 0 Å². The number of hydrogen-bond donors (Lipinski definition) is 1. The molecule has 5 heteroatoms. The van der Waals surface area contributed by atoms with Crippen LogP contribution >= 0.6 is 24.6 Å². The van der Waals surface area contributed by atoms with Crippen LogP contribution in [0.3, 0.4) is 0 Å². The van der Waals surface area contributed by atoms with Gasteiger partial charge in [-0.1, -0.05) is 42.5 Å². The van der Waals surface area contributed by atoms with Gasteiger partial charge in [0.05, 0.1) is 5.56 Å². The number of benzene rings is 2. The van der Waals surface area contributed by atoms with Crippen molar-refractivity contribution < 1.29 is 9.53 Å². The maximum Gasteiger partial charge on any atom is 0.346 e. The molecule has 2 rings (SSSR count). The molecule has 3 nitrogen and oxygen atoms in total. The lowest BCUT2D eigenvalue weighted by atomic mass is 10.2. The van der Waals surface area contributed by atoms with Crippen molar-refractivity contribution in [3.63, 3.8) is 0 Å². The summed E-state index contributed by atoms with van der Waals surface area (Å²) < 4.78 is 5.12. The molecule has 0 radical (unpaired) electrons. The third-order valence-corrected chi connectivity index (χ3v) is 2.69. The van der Waals surface area contributed by atoms with Gasteiger partial charge in [-0.3, -0.25) is 0 Å². The maximum absolute atomic E-state index is 11.9. The highest BCUT2D eigenvalue weighted by Gasteiger charge is 2.13. The number of carbonyl (C=O) groups is 1. The van der Waals surface area contributed by atoms with Crippen LogP contribution in [0.15, 0.2) is 54.6 Å². The summed E-state index contributed by atoms with van der Waals surface area (Å²) in [5.74, 6) is -0.540. The SMILES string of the molecule is Cl.Nc1ccccc1C(=O)OC(=S)c1ccccc1. The van der Waals surface area contributed by atoms with Crippen LogP contribution in [0.4, 0.5) is 5.69 Å². The first-order valence-electron chi connectivity index (χ1n) is 5.34. The smallest absolute Gasteiger partial charge is 0.346 e. The van der Waals surface area contributed by atoms with Crippen LogP contribution in [-0.4, -0.2) is 11.0 Å². The molecule has 0 aliphatic rings. The Morgan fingerprint density at radius 1 is 1.00 bits per heavy atom. The second-order valence-corrected chi connectivity index (χ2v) is 4.00. The predicted molar refractivity (Wildman–Crippen MR) is 81.7 cm³/mol. The van der Waals surface area contributed by atoms with Crippen molar-refractivity contribution in [2.75, 3.05) is 5.73 Å². The van der Waals surface area contributed by atoms with E-state index in [-0.39, 0.29) is 17.5 Å². The highest BCUT2D eigenvalue weighted by atomic mass is 35.5. The van der Waals surface area contributed by atoms with E-state index in [2.05, 4.69) is 0 Å². The number of para-hydroxylation sites is 1. The van der Waals surface area contributed by atoms with Crippen molar-refractivity contribution in [1.29, 1.82) is 0 Å². The van der Waals surface area contributed by atoms with Gasteiger partial charge < -0.3 is 10.5 Å². The number of nitrogen functional groups attached to an aromatic ring is 1. The van der Waals surface area contributed by atoms with Gasteiger partial charge in [-0.2, -0.15) is 0 Å². The predicted octanol–water partition coefficient (Wildman–Crippen LogP) is 3.22. The Balaban J connectivity index is 0.00000180. The molecule has 0 aliphatic heterocycles. The number of hydrogen-bond acceptors (Lipinski definition) is 4. The maximum atomic E-state index is 11.9. The first-order chi connectivity index (χ1) is 8.68. The number of rotatable bonds is 2. The van der Waals surface area contributed by atoms with Gasteiger partial charge in [0.2, 0.25) is 5.05 Å². The largest absolute Gasteiger partial charge is 0.410 e. The highest BCUT2D eigenvalue weighted by Crippen LogP contribution is 2.13. The minimum absolute atomic E-state index is 0. The molecule has 98 valence electrons. The molecule has 0 saturated heterocycles. The summed E-state index contributed by atoms with van der Waals surface area (Å²) in [5.41, 5.74) is 7.07. The average molecular weight is 294 g/mol. The molecule has 0 fully saturated rings. The summed E-state index contributed by atoms with van der Waals surface area (Å²) in [7, 11) is 0. The lowest BCUT2D eigenvalue weighted by Gasteiger charge is -2.07. The Bertz CT molecular complexity index is 587. The number of ether oxygens (including phenoxy) is 1. The summed E-state index contributed by atoms with van der Waals surface area (Å²) in [5, 5.41) is 0.142. The zero-order valence-electron chi connectivity index (χ0n) is 9.91.